The van der Waals surface area contributed by atoms with Gasteiger partial charge >= 0.3 is 0 Å². The standard InChI is InChI=1S/C40H51OP/c1-37(2,3)27-18-20-29(32(24-27)39(7,8)9)30-22-23-34(41-42)36(35(30)26-16-14-13-15-17-26)31-21-19-28(38(4,5)6)25-33(31)40(10,11)12/h13-25H,42H2,1-12H3. The molecule has 0 aliphatic carbocycles. The monoisotopic (exact) mass is 578 g/mol. The quantitative estimate of drug-likeness (QED) is 0.219. The van der Waals surface area contributed by atoms with Crippen molar-refractivity contribution < 1.29 is 4.52 Å². The first kappa shape index (κ1) is 32.0. The molecule has 0 heterocycles. The van der Waals surface area contributed by atoms with Crippen molar-refractivity contribution in [3.05, 3.63) is 101 Å². The van der Waals surface area contributed by atoms with Crippen LogP contribution in [0.1, 0.15) is 105 Å². The SMILES string of the molecule is CC(C)(C)c1ccc(-c2ccc(OP)c(-c3ccc(C(C)(C)C)cc3C(C)(C)C)c2-c2ccccc2)c(C(C)(C)C)c1. The van der Waals surface area contributed by atoms with Crippen molar-refractivity contribution in [2.45, 2.75) is 105 Å². The third kappa shape index (κ3) is 6.53. The van der Waals surface area contributed by atoms with Crippen LogP contribution in [-0.2, 0) is 21.7 Å². The van der Waals surface area contributed by atoms with E-state index in [9.17, 15) is 0 Å². The van der Waals surface area contributed by atoms with Crippen molar-refractivity contribution in [1.82, 2.24) is 0 Å². The van der Waals surface area contributed by atoms with Crippen molar-refractivity contribution in [3.63, 3.8) is 0 Å². The number of hydrogen-bond donors (Lipinski definition) is 0. The van der Waals surface area contributed by atoms with Crippen LogP contribution in [0.25, 0.3) is 33.4 Å². The maximum atomic E-state index is 6.10. The highest BCUT2D eigenvalue weighted by Gasteiger charge is 2.29. The van der Waals surface area contributed by atoms with Crippen molar-refractivity contribution in [2.24, 2.45) is 0 Å². The second-order valence-electron chi connectivity index (χ2n) is 15.9. The summed E-state index contributed by atoms with van der Waals surface area (Å²) in [5, 5.41) is 0. The van der Waals surface area contributed by atoms with Crippen LogP contribution in [-0.4, -0.2) is 0 Å². The van der Waals surface area contributed by atoms with E-state index in [-0.39, 0.29) is 21.7 Å². The van der Waals surface area contributed by atoms with Gasteiger partial charge in [0.25, 0.3) is 0 Å². The van der Waals surface area contributed by atoms with Gasteiger partial charge in [-0.25, -0.2) is 0 Å². The van der Waals surface area contributed by atoms with Crippen LogP contribution in [0.4, 0.5) is 0 Å². The summed E-state index contributed by atoms with van der Waals surface area (Å²) in [5.41, 5.74) is 12.7. The Morgan fingerprint density at radius 1 is 0.452 bits per heavy atom. The minimum absolute atomic E-state index is 0.0363. The molecule has 1 nitrogen and oxygen atoms in total. The Labute approximate surface area is 258 Å². The Kier molecular flexibility index (Phi) is 8.63. The lowest BCUT2D eigenvalue weighted by Crippen LogP contribution is -2.18. The molecule has 4 rings (SSSR count). The van der Waals surface area contributed by atoms with Crippen LogP contribution in [0, 0.1) is 0 Å². The lowest BCUT2D eigenvalue weighted by molar-refractivity contribution is 0.569. The van der Waals surface area contributed by atoms with E-state index in [1.165, 1.54) is 50.1 Å². The van der Waals surface area contributed by atoms with Crippen LogP contribution in [0.5, 0.6) is 5.75 Å². The molecule has 222 valence electrons. The van der Waals surface area contributed by atoms with Crippen LogP contribution in [0.2, 0.25) is 0 Å². The van der Waals surface area contributed by atoms with Crippen molar-refractivity contribution in [2.75, 3.05) is 0 Å². The van der Waals surface area contributed by atoms with Crippen molar-refractivity contribution in [1.29, 1.82) is 0 Å². The lowest BCUT2D eigenvalue weighted by atomic mass is 9.74. The lowest BCUT2D eigenvalue weighted by Gasteiger charge is -2.31. The molecule has 1 unspecified atom stereocenters. The zero-order valence-corrected chi connectivity index (χ0v) is 29.1. The van der Waals surface area contributed by atoms with Gasteiger partial charge in [0, 0.05) is 11.1 Å². The van der Waals surface area contributed by atoms with E-state index in [0.29, 0.717) is 0 Å². The predicted molar refractivity (Wildman–Crippen MR) is 188 cm³/mol. The molecule has 0 radical (unpaired) electrons. The van der Waals surface area contributed by atoms with Gasteiger partial charge in [-0.3, -0.25) is 0 Å². The first-order chi connectivity index (χ1) is 19.3. The fourth-order valence-corrected chi connectivity index (χ4v) is 5.99. The second-order valence-corrected chi connectivity index (χ2v) is 16.1. The maximum absolute atomic E-state index is 6.10. The molecule has 0 aliphatic rings. The van der Waals surface area contributed by atoms with Gasteiger partial charge in [-0.2, -0.15) is 0 Å². The first-order valence-corrected chi connectivity index (χ1v) is 15.7. The maximum Gasteiger partial charge on any atom is 0.131 e. The molecule has 2 heteroatoms. The third-order valence-corrected chi connectivity index (χ3v) is 8.56. The molecule has 1 atom stereocenters. The average molecular weight is 579 g/mol. The zero-order chi connectivity index (χ0) is 31.3. The molecule has 0 amide bonds. The van der Waals surface area contributed by atoms with Crippen LogP contribution in [0.3, 0.4) is 0 Å². The molecule has 0 bridgehead atoms. The van der Waals surface area contributed by atoms with Gasteiger partial charge in [-0.05, 0) is 72.2 Å². The summed E-state index contributed by atoms with van der Waals surface area (Å²) in [5.74, 6) is 0.861. The van der Waals surface area contributed by atoms with Crippen molar-refractivity contribution in [3.8, 4) is 39.1 Å². The average Bonchev–Trinajstić information content (AvgIpc) is 2.90. The highest BCUT2D eigenvalue weighted by atomic mass is 31.0. The molecule has 0 aliphatic heterocycles. The number of rotatable bonds is 4. The molecule has 0 saturated heterocycles. The van der Waals surface area contributed by atoms with E-state index in [1.807, 2.05) is 0 Å². The van der Waals surface area contributed by atoms with E-state index in [4.69, 9.17) is 4.52 Å². The molecular formula is C40H51OP. The van der Waals surface area contributed by atoms with Gasteiger partial charge < -0.3 is 4.52 Å². The van der Waals surface area contributed by atoms with Gasteiger partial charge in [-0.1, -0.05) is 156 Å². The number of benzene rings is 4. The summed E-state index contributed by atoms with van der Waals surface area (Å²) >= 11 is 0. The summed E-state index contributed by atoms with van der Waals surface area (Å²) in [7, 11) is 2.51. The topological polar surface area (TPSA) is 9.23 Å². The summed E-state index contributed by atoms with van der Waals surface area (Å²) in [6.07, 6.45) is 0. The third-order valence-electron chi connectivity index (χ3n) is 8.30. The zero-order valence-electron chi connectivity index (χ0n) is 28.0. The van der Waals surface area contributed by atoms with E-state index in [1.54, 1.807) is 0 Å². The van der Waals surface area contributed by atoms with Gasteiger partial charge in [-0.15, -0.1) is 0 Å². The highest BCUT2D eigenvalue weighted by Crippen LogP contribution is 2.50. The van der Waals surface area contributed by atoms with Gasteiger partial charge in [0.2, 0.25) is 0 Å². The van der Waals surface area contributed by atoms with Crippen LogP contribution < -0.4 is 4.52 Å². The predicted octanol–water partition coefficient (Wildman–Crippen LogP) is 12.0. The summed E-state index contributed by atoms with van der Waals surface area (Å²) in [6.45, 7) is 27.7. The normalized spacial score (nSPS) is 12.9. The Morgan fingerprint density at radius 2 is 0.905 bits per heavy atom. The molecule has 0 spiro atoms. The van der Waals surface area contributed by atoms with E-state index >= 15 is 0 Å². The molecule has 42 heavy (non-hydrogen) atoms. The smallest absolute Gasteiger partial charge is 0.131 e. The van der Waals surface area contributed by atoms with Crippen molar-refractivity contribution >= 4 is 9.47 Å². The minimum atomic E-state index is -0.0658. The fraction of sp³-hybridized carbons (Fsp3) is 0.400. The van der Waals surface area contributed by atoms with E-state index in [0.717, 1.165) is 11.3 Å². The first-order valence-electron chi connectivity index (χ1n) is 15.2. The fourth-order valence-electron chi connectivity index (χ4n) is 5.79. The Hall–Kier alpha value is -2.89. The summed E-state index contributed by atoms with van der Waals surface area (Å²) in [6, 6.07) is 29.4. The number of hydrogen-bond acceptors (Lipinski definition) is 1. The minimum Gasteiger partial charge on any atom is -0.480 e. The molecule has 0 fully saturated rings. The van der Waals surface area contributed by atoms with E-state index < -0.39 is 0 Å². The molecule has 0 aromatic heterocycles. The Bertz CT molecular complexity index is 1570. The van der Waals surface area contributed by atoms with Gasteiger partial charge in [0.15, 0.2) is 0 Å². The summed E-state index contributed by atoms with van der Waals surface area (Å²) < 4.78 is 6.10. The molecule has 4 aromatic rings. The molecule has 0 saturated carbocycles. The Morgan fingerprint density at radius 3 is 1.36 bits per heavy atom. The largest absolute Gasteiger partial charge is 0.480 e. The van der Waals surface area contributed by atoms with Crippen LogP contribution in [0.15, 0.2) is 78.9 Å². The van der Waals surface area contributed by atoms with Gasteiger partial charge in [0.1, 0.15) is 5.75 Å². The Balaban J connectivity index is 2.20. The second kappa shape index (κ2) is 11.3. The van der Waals surface area contributed by atoms with E-state index in [2.05, 4.69) is 171 Å². The molecular weight excluding hydrogens is 527 g/mol. The molecule has 0 N–H and O–H groups in total. The van der Waals surface area contributed by atoms with Gasteiger partial charge in [0.05, 0.1) is 9.47 Å². The molecule has 4 aromatic carbocycles. The highest BCUT2D eigenvalue weighted by molar-refractivity contribution is 7.10. The van der Waals surface area contributed by atoms with Crippen LogP contribution >= 0.6 is 9.47 Å². The summed E-state index contributed by atoms with van der Waals surface area (Å²) in [4.78, 5) is 0.